The van der Waals surface area contributed by atoms with Gasteiger partial charge in [0.1, 0.15) is 0 Å². The van der Waals surface area contributed by atoms with Crippen LogP contribution in [-0.4, -0.2) is 42.0 Å². The number of fused-ring (bicyclic) bond motifs is 1. The quantitative estimate of drug-likeness (QED) is 0.858. The van der Waals surface area contributed by atoms with Crippen LogP contribution < -0.4 is 11.1 Å². The highest BCUT2D eigenvalue weighted by Crippen LogP contribution is 2.27. The van der Waals surface area contributed by atoms with Crippen LogP contribution in [0.3, 0.4) is 0 Å². The van der Waals surface area contributed by atoms with Crippen molar-refractivity contribution in [2.45, 2.75) is 50.2 Å². The number of carbonyl (C=O) groups excluding carboxylic acids is 1. The Kier molecular flexibility index (Phi) is 4.56. The van der Waals surface area contributed by atoms with Gasteiger partial charge in [0, 0.05) is 18.6 Å². The number of aryl methyl sites for hydroxylation is 1. The molecule has 1 aromatic carbocycles. The van der Waals surface area contributed by atoms with Crippen molar-refractivity contribution in [1.29, 1.82) is 0 Å². The Labute approximate surface area is 126 Å². The predicted octanol–water partition coefficient (Wildman–Crippen LogP) is 1.30. The molecule has 1 amide bonds. The maximum absolute atomic E-state index is 12.3. The van der Waals surface area contributed by atoms with Gasteiger partial charge in [0.25, 0.3) is 0 Å². The maximum Gasteiger partial charge on any atom is 0.237 e. The van der Waals surface area contributed by atoms with E-state index in [4.69, 9.17) is 5.73 Å². The summed E-state index contributed by atoms with van der Waals surface area (Å²) in [5, 5.41) is 3.18. The van der Waals surface area contributed by atoms with Crippen molar-refractivity contribution in [2.24, 2.45) is 5.73 Å². The van der Waals surface area contributed by atoms with Gasteiger partial charge in [0.15, 0.2) is 0 Å². The molecule has 2 fully saturated rings. The topological polar surface area (TPSA) is 58.4 Å². The minimum absolute atomic E-state index is 0.0182. The molecule has 114 valence electrons. The predicted molar refractivity (Wildman–Crippen MR) is 83.9 cm³/mol. The molecule has 3 rings (SSSR count). The summed E-state index contributed by atoms with van der Waals surface area (Å²) in [6, 6.07) is 10.7. The second-order valence-electron chi connectivity index (χ2n) is 6.28. The van der Waals surface area contributed by atoms with Crippen molar-refractivity contribution in [3.05, 3.63) is 35.9 Å². The Bertz CT molecular complexity index is 476. The third-order valence-corrected chi connectivity index (χ3v) is 4.86. The van der Waals surface area contributed by atoms with E-state index in [1.807, 2.05) is 18.2 Å². The highest BCUT2D eigenvalue weighted by molar-refractivity contribution is 5.81. The Balaban J connectivity index is 1.46. The molecule has 4 nitrogen and oxygen atoms in total. The summed E-state index contributed by atoms with van der Waals surface area (Å²) in [6.45, 7) is 2.31. The summed E-state index contributed by atoms with van der Waals surface area (Å²) in [4.78, 5) is 14.8. The lowest BCUT2D eigenvalue weighted by Crippen LogP contribution is -2.49. The first-order valence-electron chi connectivity index (χ1n) is 8.08. The van der Waals surface area contributed by atoms with Crippen LogP contribution in [0.4, 0.5) is 0 Å². The number of nitrogens with two attached hydrogens (primary N) is 1. The molecule has 2 aliphatic rings. The summed E-state index contributed by atoms with van der Waals surface area (Å²) in [5.74, 6) is 0.0182. The second kappa shape index (κ2) is 6.58. The number of nitrogens with one attached hydrogen (secondary N) is 1. The Morgan fingerprint density at radius 3 is 2.90 bits per heavy atom. The Morgan fingerprint density at radius 2 is 2.10 bits per heavy atom. The zero-order valence-electron chi connectivity index (χ0n) is 12.5. The van der Waals surface area contributed by atoms with Crippen LogP contribution in [0, 0.1) is 0 Å². The number of amides is 1. The molecule has 2 unspecified atom stereocenters. The minimum Gasteiger partial charge on any atom is -0.350 e. The Morgan fingerprint density at radius 1 is 1.29 bits per heavy atom. The first-order chi connectivity index (χ1) is 10.2. The largest absolute Gasteiger partial charge is 0.350 e. The number of rotatable bonds is 5. The number of carbonyl (C=O) groups is 1. The number of nitrogens with zero attached hydrogens (tertiary/aromatic N) is 1. The number of hydrogen-bond donors (Lipinski definition) is 2. The monoisotopic (exact) mass is 287 g/mol. The van der Waals surface area contributed by atoms with E-state index in [0.29, 0.717) is 18.5 Å². The van der Waals surface area contributed by atoms with Gasteiger partial charge in [-0.15, -0.1) is 0 Å². The van der Waals surface area contributed by atoms with E-state index in [9.17, 15) is 4.79 Å². The number of hydrogen-bond acceptors (Lipinski definition) is 3. The summed E-state index contributed by atoms with van der Waals surface area (Å²) < 4.78 is 0. The lowest BCUT2D eigenvalue weighted by molar-refractivity contribution is -0.123. The van der Waals surface area contributed by atoms with Crippen molar-refractivity contribution >= 4 is 5.91 Å². The van der Waals surface area contributed by atoms with Crippen LogP contribution in [0.5, 0.6) is 0 Å². The van der Waals surface area contributed by atoms with Crippen LogP contribution in [0.2, 0.25) is 0 Å². The van der Waals surface area contributed by atoms with Crippen LogP contribution in [0.15, 0.2) is 30.3 Å². The molecular weight excluding hydrogens is 262 g/mol. The average Bonchev–Trinajstić information content (AvgIpc) is 3.11. The summed E-state index contributed by atoms with van der Waals surface area (Å²) >= 11 is 0. The molecule has 2 heterocycles. The standard InChI is InChI=1S/C17H25N3O/c18-14(9-8-13-5-2-1-3-6-13)17(21)19-15-10-12-20-11-4-7-16(15)20/h1-3,5-6,14-16H,4,7-12,18H2,(H,19,21)/t14-,15?,16?/m0/s1. The number of benzene rings is 1. The first kappa shape index (κ1) is 14.5. The molecule has 0 radical (unpaired) electrons. The zero-order valence-corrected chi connectivity index (χ0v) is 12.5. The Hall–Kier alpha value is -1.39. The van der Waals surface area contributed by atoms with Crippen LogP contribution in [0.25, 0.3) is 0 Å². The highest BCUT2D eigenvalue weighted by Gasteiger charge is 2.38. The second-order valence-corrected chi connectivity index (χ2v) is 6.28. The molecule has 2 saturated heterocycles. The molecule has 3 atom stereocenters. The fourth-order valence-corrected chi connectivity index (χ4v) is 3.64. The van der Waals surface area contributed by atoms with Crippen molar-refractivity contribution in [3.8, 4) is 0 Å². The van der Waals surface area contributed by atoms with Gasteiger partial charge in [-0.3, -0.25) is 9.69 Å². The molecule has 0 saturated carbocycles. The van der Waals surface area contributed by atoms with E-state index in [0.717, 1.165) is 19.4 Å². The lowest BCUT2D eigenvalue weighted by atomic mass is 10.0. The SMILES string of the molecule is N[C@@H](CCc1ccccc1)C(=O)NC1CCN2CCCC12. The van der Waals surface area contributed by atoms with E-state index in [2.05, 4.69) is 22.3 Å². The van der Waals surface area contributed by atoms with Gasteiger partial charge >= 0.3 is 0 Å². The molecule has 2 aliphatic heterocycles. The lowest BCUT2D eigenvalue weighted by Gasteiger charge is -2.23. The zero-order chi connectivity index (χ0) is 14.7. The van der Waals surface area contributed by atoms with Gasteiger partial charge in [0.05, 0.1) is 6.04 Å². The molecule has 0 aliphatic carbocycles. The van der Waals surface area contributed by atoms with Gasteiger partial charge in [-0.1, -0.05) is 30.3 Å². The van der Waals surface area contributed by atoms with Crippen LogP contribution >= 0.6 is 0 Å². The van der Waals surface area contributed by atoms with Crippen molar-refractivity contribution in [1.82, 2.24) is 10.2 Å². The molecule has 3 N–H and O–H groups in total. The van der Waals surface area contributed by atoms with E-state index in [1.165, 1.54) is 24.9 Å². The fourth-order valence-electron chi connectivity index (χ4n) is 3.64. The average molecular weight is 287 g/mol. The molecule has 0 spiro atoms. The summed E-state index contributed by atoms with van der Waals surface area (Å²) in [6.07, 6.45) is 5.11. The molecule has 1 aromatic rings. The van der Waals surface area contributed by atoms with Crippen LogP contribution in [-0.2, 0) is 11.2 Å². The fraction of sp³-hybridized carbons (Fsp3) is 0.588. The van der Waals surface area contributed by atoms with Crippen LogP contribution in [0.1, 0.15) is 31.2 Å². The van der Waals surface area contributed by atoms with Crippen molar-refractivity contribution < 1.29 is 4.79 Å². The van der Waals surface area contributed by atoms with Crippen molar-refractivity contribution in [3.63, 3.8) is 0 Å². The molecular formula is C17H25N3O. The summed E-state index contributed by atoms with van der Waals surface area (Å²) in [5.41, 5.74) is 7.29. The normalized spacial score (nSPS) is 26.5. The highest BCUT2D eigenvalue weighted by atomic mass is 16.2. The van der Waals surface area contributed by atoms with E-state index < -0.39 is 6.04 Å². The molecule has 4 heteroatoms. The summed E-state index contributed by atoms with van der Waals surface area (Å²) in [7, 11) is 0. The van der Waals surface area contributed by atoms with Gasteiger partial charge in [-0.05, 0) is 44.2 Å². The van der Waals surface area contributed by atoms with Gasteiger partial charge in [-0.25, -0.2) is 0 Å². The third-order valence-electron chi connectivity index (χ3n) is 4.86. The van der Waals surface area contributed by atoms with E-state index >= 15 is 0 Å². The van der Waals surface area contributed by atoms with Gasteiger partial charge < -0.3 is 11.1 Å². The maximum atomic E-state index is 12.3. The molecule has 0 bridgehead atoms. The minimum atomic E-state index is -0.402. The third kappa shape index (κ3) is 3.44. The molecule has 0 aromatic heterocycles. The van der Waals surface area contributed by atoms with Gasteiger partial charge in [0.2, 0.25) is 5.91 Å². The first-order valence-corrected chi connectivity index (χ1v) is 8.08. The van der Waals surface area contributed by atoms with E-state index in [1.54, 1.807) is 0 Å². The smallest absolute Gasteiger partial charge is 0.237 e. The molecule has 21 heavy (non-hydrogen) atoms. The van der Waals surface area contributed by atoms with Gasteiger partial charge in [-0.2, -0.15) is 0 Å². The van der Waals surface area contributed by atoms with Crippen molar-refractivity contribution in [2.75, 3.05) is 13.1 Å². The van der Waals surface area contributed by atoms with E-state index in [-0.39, 0.29) is 5.91 Å².